The number of para-hydroxylation sites is 3. The van der Waals surface area contributed by atoms with Gasteiger partial charge >= 0.3 is 0 Å². The van der Waals surface area contributed by atoms with Crippen LogP contribution in [0.3, 0.4) is 0 Å². The Labute approximate surface area is 161 Å². The topological polar surface area (TPSA) is 87.0 Å². The molecule has 4 aromatic rings. The largest absolute Gasteiger partial charge is 0.395 e. The molecule has 0 aliphatic carbocycles. The van der Waals surface area contributed by atoms with Crippen LogP contribution < -0.4 is 10.5 Å². The first-order valence-electron chi connectivity index (χ1n) is 9.58. The number of H-pyrrole nitrogens is 1. The highest BCUT2D eigenvalue weighted by atomic mass is 16.3. The summed E-state index contributed by atoms with van der Waals surface area (Å²) in [5, 5.41) is 10.1. The first-order chi connectivity index (χ1) is 13.8. The number of aromatic nitrogens is 4. The molecule has 0 spiro atoms. The monoisotopic (exact) mass is 375 g/mol. The number of anilines is 1. The highest BCUT2D eigenvalue weighted by Crippen LogP contribution is 2.34. The lowest BCUT2D eigenvalue weighted by atomic mass is 10.1. The summed E-state index contributed by atoms with van der Waals surface area (Å²) in [6, 6.07) is 15.3. The highest BCUT2D eigenvalue weighted by molar-refractivity contribution is 5.78. The Hall–Kier alpha value is -3.19. The van der Waals surface area contributed by atoms with Crippen LogP contribution in [0.1, 0.15) is 24.7 Å². The van der Waals surface area contributed by atoms with Crippen molar-refractivity contribution < 1.29 is 5.11 Å². The van der Waals surface area contributed by atoms with Crippen molar-refractivity contribution in [1.82, 2.24) is 19.5 Å². The second-order valence-corrected chi connectivity index (χ2v) is 7.10. The smallest absolute Gasteiger partial charge is 0.261 e. The minimum absolute atomic E-state index is 0.0654. The molecule has 1 saturated heterocycles. The zero-order valence-corrected chi connectivity index (χ0v) is 15.4. The maximum Gasteiger partial charge on any atom is 0.261 e. The van der Waals surface area contributed by atoms with E-state index in [1.54, 1.807) is 10.6 Å². The number of nitrogens with zero attached hydrogens (tertiary/aromatic N) is 4. The predicted molar refractivity (Wildman–Crippen MR) is 109 cm³/mol. The Morgan fingerprint density at radius 1 is 1.07 bits per heavy atom. The van der Waals surface area contributed by atoms with Crippen molar-refractivity contribution in [2.45, 2.75) is 25.4 Å². The van der Waals surface area contributed by atoms with Crippen molar-refractivity contribution in [3.63, 3.8) is 0 Å². The van der Waals surface area contributed by atoms with Crippen molar-refractivity contribution in [2.24, 2.45) is 0 Å². The third-order valence-electron chi connectivity index (χ3n) is 5.41. The fourth-order valence-electron chi connectivity index (χ4n) is 4.12. The number of rotatable bonds is 4. The number of aromatic amines is 1. The van der Waals surface area contributed by atoms with Gasteiger partial charge in [-0.15, -0.1) is 0 Å². The molecule has 28 heavy (non-hydrogen) atoms. The molecule has 3 heterocycles. The Morgan fingerprint density at radius 2 is 1.86 bits per heavy atom. The summed E-state index contributed by atoms with van der Waals surface area (Å²) in [5.74, 6) is 1.48. The molecule has 0 amide bonds. The van der Waals surface area contributed by atoms with Crippen molar-refractivity contribution in [3.05, 3.63) is 64.7 Å². The average Bonchev–Trinajstić information content (AvgIpc) is 3.36. The Kier molecular flexibility index (Phi) is 4.09. The zero-order valence-electron chi connectivity index (χ0n) is 15.4. The van der Waals surface area contributed by atoms with E-state index in [4.69, 9.17) is 9.97 Å². The number of hydrogen-bond acceptors (Lipinski definition) is 5. The number of hydrogen-bond donors (Lipinski definition) is 2. The van der Waals surface area contributed by atoms with Gasteiger partial charge in [0.15, 0.2) is 0 Å². The molecule has 1 fully saturated rings. The minimum atomic E-state index is -0.107. The van der Waals surface area contributed by atoms with Gasteiger partial charge in [0, 0.05) is 6.54 Å². The van der Waals surface area contributed by atoms with Gasteiger partial charge in [-0.1, -0.05) is 24.3 Å². The average molecular weight is 375 g/mol. The van der Waals surface area contributed by atoms with E-state index in [0.29, 0.717) is 16.7 Å². The third-order valence-corrected chi connectivity index (χ3v) is 5.41. The zero-order chi connectivity index (χ0) is 19.1. The van der Waals surface area contributed by atoms with Crippen LogP contribution in [0.5, 0.6) is 0 Å². The van der Waals surface area contributed by atoms with E-state index in [-0.39, 0.29) is 24.8 Å². The Morgan fingerprint density at radius 3 is 2.68 bits per heavy atom. The molecule has 1 aliphatic heterocycles. The molecule has 2 N–H and O–H groups in total. The summed E-state index contributed by atoms with van der Waals surface area (Å²) in [6.45, 7) is 0.965. The number of aliphatic hydroxyl groups excluding tert-OH is 1. The third kappa shape index (κ3) is 2.66. The van der Waals surface area contributed by atoms with Gasteiger partial charge in [0.05, 0.1) is 41.1 Å². The van der Waals surface area contributed by atoms with E-state index in [2.05, 4.69) is 9.88 Å². The predicted octanol–water partition coefficient (Wildman–Crippen LogP) is 2.61. The van der Waals surface area contributed by atoms with Crippen LogP contribution in [0.15, 0.2) is 53.3 Å². The fourth-order valence-corrected chi connectivity index (χ4v) is 4.12. The second kappa shape index (κ2) is 6.76. The van der Waals surface area contributed by atoms with E-state index in [0.717, 1.165) is 36.4 Å². The maximum atomic E-state index is 13.0. The molecule has 2 aromatic carbocycles. The van der Waals surface area contributed by atoms with Crippen molar-refractivity contribution in [2.75, 3.05) is 18.1 Å². The van der Waals surface area contributed by atoms with Crippen LogP contribution in [0.4, 0.5) is 5.95 Å². The molecule has 1 unspecified atom stereocenters. The lowest BCUT2D eigenvalue weighted by Crippen LogP contribution is -2.33. The van der Waals surface area contributed by atoms with E-state index >= 15 is 0 Å². The van der Waals surface area contributed by atoms with Crippen LogP contribution in [0.25, 0.3) is 21.9 Å². The van der Waals surface area contributed by atoms with Gasteiger partial charge in [-0.05, 0) is 37.1 Å². The van der Waals surface area contributed by atoms with E-state index in [1.165, 1.54) is 0 Å². The molecule has 5 rings (SSSR count). The van der Waals surface area contributed by atoms with Crippen LogP contribution >= 0.6 is 0 Å². The van der Waals surface area contributed by atoms with E-state index in [1.807, 2.05) is 42.5 Å². The number of imidazole rings is 1. The number of fused-ring (bicyclic) bond motifs is 2. The molecule has 0 bridgehead atoms. The van der Waals surface area contributed by atoms with Gasteiger partial charge in [-0.25, -0.2) is 9.97 Å². The summed E-state index contributed by atoms with van der Waals surface area (Å²) in [6.07, 6.45) is 1.87. The molecule has 0 radical (unpaired) electrons. The van der Waals surface area contributed by atoms with Crippen LogP contribution in [-0.2, 0) is 6.54 Å². The number of aliphatic hydroxyl groups is 1. The Bertz CT molecular complexity index is 1180. The SMILES string of the molecule is O=c1c2ccccc2nc(C2CCCN2c2nc3ccccc3[nH]2)n1CCO. The van der Waals surface area contributed by atoms with Crippen LogP contribution in [0.2, 0.25) is 0 Å². The molecular formula is C21H21N5O2. The van der Waals surface area contributed by atoms with Gasteiger partial charge < -0.3 is 15.0 Å². The summed E-state index contributed by atoms with van der Waals surface area (Å²) in [5.41, 5.74) is 2.49. The lowest BCUT2D eigenvalue weighted by Gasteiger charge is -2.26. The van der Waals surface area contributed by atoms with Crippen molar-refractivity contribution in [3.8, 4) is 0 Å². The van der Waals surface area contributed by atoms with E-state index in [9.17, 15) is 9.90 Å². The molecule has 0 saturated carbocycles. The summed E-state index contributed by atoms with van der Waals surface area (Å²) < 4.78 is 1.62. The highest BCUT2D eigenvalue weighted by Gasteiger charge is 2.32. The van der Waals surface area contributed by atoms with E-state index < -0.39 is 0 Å². The first kappa shape index (κ1) is 16.9. The standard InChI is InChI=1S/C21H21N5O2/c27-13-12-26-19(22-15-7-2-1-6-14(15)20(26)28)18-10-5-11-25(18)21-23-16-8-3-4-9-17(16)24-21/h1-4,6-9,18,27H,5,10-13H2,(H,23,24). The van der Waals surface area contributed by atoms with Gasteiger partial charge in [0.2, 0.25) is 5.95 Å². The van der Waals surface area contributed by atoms with Gasteiger partial charge in [-0.2, -0.15) is 0 Å². The van der Waals surface area contributed by atoms with Gasteiger partial charge in [-0.3, -0.25) is 9.36 Å². The molecular weight excluding hydrogens is 354 g/mol. The van der Waals surface area contributed by atoms with Crippen molar-refractivity contribution in [1.29, 1.82) is 0 Å². The molecule has 142 valence electrons. The van der Waals surface area contributed by atoms with Crippen LogP contribution in [0, 0.1) is 0 Å². The molecule has 7 nitrogen and oxygen atoms in total. The summed E-state index contributed by atoms with van der Waals surface area (Å²) in [7, 11) is 0. The van der Waals surface area contributed by atoms with Gasteiger partial charge in [0.25, 0.3) is 5.56 Å². The summed E-state index contributed by atoms with van der Waals surface area (Å²) in [4.78, 5) is 28.2. The molecule has 7 heteroatoms. The fraction of sp³-hybridized carbons (Fsp3) is 0.286. The molecule has 1 atom stereocenters. The normalized spacial score (nSPS) is 17.0. The minimum Gasteiger partial charge on any atom is -0.395 e. The van der Waals surface area contributed by atoms with Crippen LogP contribution in [-0.4, -0.2) is 37.8 Å². The van der Waals surface area contributed by atoms with Gasteiger partial charge in [0.1, 0.15) is 5.82 Å². The second-order valence-electron chi connectivity index (χ2n) is 7.10. The van der Waals surface area contributed by atoms with Crippen molar-refractivity contribution >= 4 is 27.9 Å². The number of nitrogens with one attached hydrogen (secondary N) is 1. The quantitative estimate of drug-likeness (QED) is 0.573. The Balaban J connectivity index is 1.65. The number of benzene rings is 2. The first-order valence-corrected chi connectivity index (χ1v) is 9.58. The summed E-state index contributed by atoms with van der Waals surface area (Å²) >= 11 is 0. The molecule has 2 aromatic heterocycles. The lowest BCUT2D eigenvalue weighted by molar-refractivity contribution is 0.270. The maximum absolute atomic E-state index is 13.0. The molecule has 1 aliphatic rings.